The molecule has 0 unspecified atom stereocenters. The first-order chi connectivity index (χ1) is 8.45. The Labute approximate surface area is 103 Å². The van der Waals surface area contributed by atoms with Gasteiger partial charge in [0.15, 0.2) is 0 Å². The van der Waals surface area contributed by atoms with Crippen molar-refractivity contribution < 1.29 is 24.2 Å². The van der Waals surface area contributed by atoms with Gasteiger partial charge in [-0.05, 0) is 24.6 Å². The molecule has 0 spiro atoms. The Kier molecular flexibility index (Phi) is 4.79. The van der Waals surface area contributed by atoms with Crippen LogP contribution in [0.25, 0.3) is 0 Å². The van der Waals surface area contributed by atoms with Gasteiger partial charge in [0, 0.05) is 13.0 Å². The predicted molar refractivity (Wildman–Crippen MR) is 61.7 cm³/mol. The quantitative estimate of drug-likeness (QED) is 0.722. The van der Waals surface area contributed by atoms with Gasteiger partial charge in [-0.3, -0.25) is 4.79 Å². The number of carboxylic acid groups (broad SMARTS) is 1. The minimum absolute atomic E-state index is 0.130. The summed E-state index contributed by atoms with van der Waals surface area (Å²) in [4.78, 5) is 22.4. The summed E-state index contributed by atoms with van der Waals surface area (Å²) >= 11 is 0. The van der Waals surface area contributed by atoms with Gasteiger partial charge in [-0.2, -0.15) is 0 Å². The van der Waals surface area contributed by atoms with Crippen LogP contribution in [0.1, 0.15) is 22.3 Å². The molecule has 1 atom stereocenters. The van der Waals surface area contributed by atoms with Crippen LogP contribution in [0.5, 0.6) is 0 Å². The third-order valence-corrected chi connectivity index (χ3v) is 2.39. The average molecular weight is 255 g/mol. The van der Waals surface area contributed by atoms with E-state index >= 15 is 0 Å². The molecule has 0 aliphatic heterocycles. The van der Waals surface area contributed by atoms with E-state index in [1.165, 1.54) is 12.1 Å². The van der Waals surface area contributed by atoms with Crippen LogP contribution in [-0.4, -0.2) is 34.7 Å². The van der Waals surface area contributed by atoms with Crippen molar-refractivity contribution in [1.29, 1.82) is 0 Å². The molecule has 0 saturated heterocycles. The van der Waals surface area contributed by atoms with E-state index in [2.05, 4.69) is 5.32 Å². The van der Waals surface area contributed by atoms with E-state index in [0.717, 1.165) is 0 Å². The van der Waals surface area contributed by atoms with Crippen molar-refractivity contribution >= 4 is 11.9 Å². The molecule has 18 heavy (non-hydrogen) atoms. The fourth-order valence-electron chi connectivity index (χ4n) is 1.43. The zero-order valence-corrected chi connectivity index (χ0v) is 9.81. The number of carbonyl (C=O) groups excluding carboxylic acids is 1. The summed E-state index contributed by atoms with van der Waals surface area (Å²) in [5, 5.41) is 19.6. The van der Waals surface area contributed by atoms with Crippen LogP contribution >= 0.6 is 0 Å². The van der Waals surface area contributed by atoms with Crippen LogP contribution in [0.4, 0.5) is 4.39 Å². The molecule has 0 bridgehead atoms. The van der Waals surface area contributed by atoms with E-state index in [1.807, 2.05) is 0 Å². The van der Waals surface area contributed by atoms with Crippen molar-refractivity contribution in [3.05, 3.63) is 35.1 Å². The molecule has 0 aliphatic rings. The molecule has 5 nitrogen and oxygen atoms in total. The van der Waals surface area contributed by atoms with Gasteiger partial charge in [0.1, 0.15) is 11.9 Å². The lowest BCUT2D eigenvalue weighted by atomic mass is 10.1. The second kappa shape index (κ2) is 6.11. The van der Waals surface area contributed by atoms with Crippen molar-refractivity contribution in [2.24, 2.45) is 0 Å². The van der Waals surface area contributed by atoms with E-state index in [1.54, 1.807) is 13.0 Å². The second-order valence-corrected chi connectivity index (χ2v) is 3.86. The molecule has 1 rings (SSSR count). The van der Waals surface area contributed by atoms with Crippen LogP contribution < -0.4 is 5.32 Å². The molecule has 1 amide bonds. The van der Waals surface area contributed by atoms with Crippen LogP contribution in [0.15, 0.2) is 18.2 Å². The summed E-state index contributed by atoms with van der Waals surface area (Å²) in [6, 6.07) is 2.80. The SMILES string of the molecule is Cc1ccc(C(=O)N[C@H](CCO)C(=O)O)c(F)c1. The standard InChI is InChI=1S/C12H14FNO4/c1-7-2-3-8(9(13)6-7)11(16)14-10(4-5-15)12(17)18/h2-3,6,10,15H,4-5H2,1H3,(H,14,16)(H,17,18)/t10-/m1/s1. The highest BCUT2D eigenvalue weighted by atomic mass is 19.1. The highest BCUT2D eigenvalue weighted by Gasteiger charge is 2.21. The zero-order valence-electron chi connectivity index (χ0n) is 9.81. The molecule has 98 valence electrons. The lowest BCUT2D eigenvalue weighted by molar-refractivity contribution is -0.139. The Bertz CT molecular complexity index is 461. The van der Waals surface area contributed by atoms with E-state index < -0.39 is 23.7 Å². The number of aliphatic hydroxyl groups excluding tert-OH is 1. The van der Waals surface area contributed by atoms with Crippen LogP contribution in [0.2, 0.25) is 0 Å². The van der Waals surface area contributed by atoms with E-state index in [-0.39, 0.29) is 18.6 Å². The highest BCUT2D eigenvalue weighted by molar-refractivity contribution is 5.96. The third-order valence-electron chi connectivity index (χ3n) is 2.39. The number of halogens is 1. The first-order valence-corrected chi connectivity index (χ1v) is 5.36. The van der Waals surface area contributed by atoms with Gasteiger partial charge in [-0.15, -0.1) is 0 Å². The second-order valence-electron chi connectivity index (χ2n) is 3.86. The number of carbonyl (C=O) groups is 2. The number of hydrogen-bond donors (Lipinski definition) is 3. The Morgan fingerprint density at radius 3 is 2.61 bits per heavy atom. The molecule has 0 heterocycles. The smallest absolute Gasteiger partial charge is 0.326 e. The molecule has 0 radical (unpaired) electrons. The maximum Gasteiger partial charge on any atom is 0.326 e. The zero-order chi connectivity index (χ0) is 13.7. The lowest BCUT2D eigenvalue weighted by Gasteiger charge is -2.13. The Morgan fingerprint density at radius 2 is 2.11 bits per heavy atom. The fraction of sp³-hybridized carbons (Fsp3) is 0.333. The Hall–Kier alpha value is -1.95. The van der Waals surface area contributed by atoms with Crippen LogP contribution in [-0.2, 0) is 4.79 Å². The molecule has 1 aromatic rings. The number of rotatable bonds is 5. The number of carboxylic acids is 1. The number of amides is 1. The summed E-state index contributed by atoms with van der Waals surface area (Å²) in [6.45, 7) is 1.30. The topological polar surface area (TPSA) is 86.6 Å². The number of aliphatic carboxylic acids is 1. The van der Waals surface area contributed by atoms with Crippen molar-refractivity contribution in [3.8, 4) is 0 Å². The van der Waals surface area contributed by atoms with Gasteiger partial charge >= 0.3 is 5.97 Å². The summed E-state index contributed by atoms with van der Waals surface area (Å²) in [6.07, 6.45) is -0.130. The monoisotopic (exact) mass is 255 g/mol. The summed E-state index contributed by atoms with van der Waals surface area (Å²) in [5.41, 5.74) is 0.444. The summed E-state index contributed by atoms with van der Waals surface area (Å²) in [5.74, 6) is -2.79. The van der Waals surface area contributed by atoms with Gasteiger partial charge in [-0.25, -0.2) is 9.18 Å². The molecule has 0 fully saturated rings. The number of nitrogens with one attached hydrogen (secondary N) is 1. The van der Waals surface area contributed by atoms with Gasteiger partial charge in [0.2, 0.25) is 0 Å². The molecular weight excluding hydrogens is 241 g/mol. The van der Waals surface area contributed by atoms with Gasteiger partial charge in [0.05, 0.1) is 5.56 Å². The molecule has 0 aliphatic carbocycles. The lowest BCUT2D eigenvalue weighted by Crippen LogP contribution is -2.41. The van der Waals surface area contributed by atoms with E-state index in [4.69, 9.17) is 10.2 Å². The Balaban J connectivity index is 2.83. The third kappa shape index (κ3) is 3.53. The van der Waals surface area contributed by atoms with Gasteiger partial charge < -0.3 is 15.5 Å². The molecule has 1 aromatic carbocycles. The summed E-state index contributed by atoms with van der Waals surface area (Å²) in [7, 11) is 0. The fourth-order valence-corrected chi connectivity index (χ4v) is 1.43. The maximum atomic E-state index is 13.5. The van der Waals surface area contributed by atoms with Crippen molar-refractivity contribution in [2.75, 3.05) is 6.61 Å². The van der Waals surface area contributed by atoms with Crippen molar-refractivity contribution in [1.82, 2.24) is 5.32 Å². The maximum absolute atomic E-state index is 13.5. The minimum atomic E-state index is -1.27. The van der Waals surface area contributed by atoms with E-state index in [0.29, 0.717) is 5.56 Å². The number of aliphatic hydroxyl groups is 1. The molecule has 6 heteroatoms. The van der Waals surface area contributed by atoms with Gasteiger partial charge in [-0.1, -0.05) is 6.07 Å². The number of benzene rings is 1. The average Bonchev–Trinajstić information content (AvgIpc) is 2.27. The molecule has 3 N–H and O–H groups in total. The van der Waals surface area contributed by atoms with Crippen molar-refractivity contribution in [3.63, 3.8) is 0 Å². The van der Waals surface area contributed by atoms with E-state index in [9.17, 15) is 14.0 Å². The predicted octanol–water partition coefficient (Wildman–Crippen LogP) is 0.700. The highest BCUT2D eigenvalue weighted by Crippen LogP contribution is 2.10. The summed E-state index contributed by atoms with van der Waals surface area (Å²) < 4.78 is 13.5. The number of hydrogen-bond acceptors (Lipinski definition) is 3. The normalized spacial score (nSPS) is 11.9. The van der Waals surface area contributed by atoms with Crippen LogP contribution in [0.3, 0.4) is 0 Å². The first kappa shape index (κ1) is 14.1. The first-order valence-electron chi connectivity index (χ1n) is 5.36. The largest absolute Gasteiger partial charge is 0.480 e. The molecule has 0 saturated carbocycles. The minimum Gasteiger partial charge on any atom is -0.480 e. The molecule has 0 aromatic heterocycles. The van der Waals surface area contributed by atoms with Gasteiger partial charge in [0.25, 0.3) is 5.91 Å². The van der Waals surface area contributed by atoms with Crippen LogP contribution in [0, 0.1) is 12.7 Å². The molecular formula is C12H14FNO4. The van der Waals surface area contributed by atoms with Crippen molar-refractivity contribution in [2.45, 2.75) is 19.4 Å². The number of aryl methyl sites for hydroxylation is 1. The Morgan fingerprint density at radius 1 is 1.44 bits per heavy atom.